The lowest BCUT2D eigenvalue weighted by molar-refractivity contribution is 1.15. The van der Waals surface area contributed by atoms with Crippen molar-refractivity contribution in [1.82, 2.24) is 0 Å². The van der Waals surface area contributed by atoms with E-state index in [4.69, 9.17) is 0 Å². The Morgan fingerprint density at radius 2 is 1.71 bits per heavy atom. The molecule has 0 radical (unpaired) electrons. The molecule has 0 aromatic heterocycles. The zero-order valence-electron chi connectivity index (χ0n) is 3.77. The Morgan fingerprint density at radius 1 is 1.29 bits per heavy atom. The van der Waals surface area contributed by atoms with Crippen molar-refractivity contribution in [3.8, 4) is 0 Å². The van der Waals surface area contributed by atoms with Gasteiger partial charge in [-0.15, -0.1) is 6.58 Å². The monoisotopic (exact) mass is 224 g/mol. The SMILES string of the molecule is C=CC1C(Br)C1Br. The van der Waals surface area contributed by atoms with E-state index in [2.05, 4.69) is 38.4 Å². The van der Waals surface area contributed by atoms with Crippen molar-refractivity contribution in [3.05, 3.63) is 12.7 Å². The molecule has 40 valence electrons. The Hall–Kier alpha value is 0.700. The van der Waals surface area contributed by atoms with E-state index in [9.17, 15) is 0 Å². The Balaban J connectivity index is 2.37. The summed E-state index contributed by atoms with van der Waals surface area (Å²) in [4.78, 5) is 1.29. The first-order valence-corrected chi connectivity index (χ1v) is 4.01. The van der Waals surface area contributed by atoms with E-state index in [1.807, 2.05) is 6.08 Å². The van der Waals surface area contributed by atoms with E-state index in [0.717, 1.165) is 0 Å². The maximum absolute atomic E-state index is 3.66. The topological polar surface area (TPSA) is 0 Å². The van der Waals surface area contributed by atoms with Crippen molar-refractivity contribution in [3.63, 3.8) is 0 Å². The maximum atomic E-state index is 3.66. The lowest BCUT2D eigenvalue weighted by Gasteiger charge is -1.70. The van der Waals surface area contributed by atoms with Gasteiger partial charge >= 0.3 is 0 Å². The van der Waals surface area contributed by atoms with Crippen LogP contribution in [0, 0.1) is 5.92 Å². The molecule has 0 aromatic carbocycles. The van der Waals surface area contributed by atoms with Gasteiger partial charge in [-0.1, -0.05) is 37.9 Å². The summed E-state index contributed by atoms with van der Waals surface area (Å²) in [6.07, 6.45) is 1.97. The number of hydrogen-bond donors (Lipinski definition) is 0. The molecule has 1 saturated carbocycles. The highest BCUT2D eigenvalue weighted by Gasteiger charge is 2.43. The summed E-state index contributed by atoms with van der Waals surface area (Å²) in [5.74, 6) is 0.667. The molecular formula is C5H6Br2. The largest absolute Gasteiger partial charge is 0.103 e. The molecule has 0 saturated heterocycles. The van der Waals surface area contributed by atoms with Crippen LogP contribution in [0.1, 0.15) is 0 Å². The average molecular weight is 226 g/mol. The summed E-state index contributed by atoms with van der Waals surface area (Å²) in [7, 11) is 0. The summed E-state index contributed by atoms with van der Waals surface area (Å²) in [6.45, 7) is 3.66. The molecule has 1 fully saturated rings. The molecule has 1 aliphatic rings. The van der Waals surface area contributed by atoms with Crippen LogP contribution in [0.15, 0.2) is 12.7 Å². The smallest absolute Gasteiger partial charge is 0.0350 e. The molecular weight excluding hydrogens is 220 g/mol. The Labute approximate surface area is 60.2 Å². The summed E-state index contributed by atoms with van der Waals surface area (Å²) < 4.78 is 0. The molecule has 0 bridgehead atoms. The van der Waals surface area contributed by atoms with Gasteiger partial charge in [0.05, 0.1) is 0 Å². The van der Waals surface area contributed by atoms with Crippen LogP contribution in [-0.2, 0) is 0 Å². The van der Waals surface area contributed by atoms with Gasteiger partial charge in [-0.3, -0.25) is 0 Å². The molecule has 0 N–H and O–H groups in total. The number of rotatable bonds is 1. The molecule has 2 atom stereocenters. The molecule has 7 heavy (non-hydrogen) atoms. The second-order valence-corrected chi connectivity index (χ2v) is 3.82. The van der Waals surface area contributed by atoms with Crippen LogP contribution in [-0.4, -0.2) is 9.65 Å². The third-order valence-corrected chi connectivity index (χ3v) is 4.24. The fourth-order valence-corrected chi connectivity index (χ4v) is 2.37. The third kappa shape index (κ3) is 0.918. The summed E-state index contributed by atoms with van der Waals surface area (Å²) in [6, 6.07) is 0. The van der Waals surface area contributed by atoms with Gasteiger partial charge in [0.25, 0.3) is 0 Å². The van der Waals surface area contributed by atoms with Gasteiger partial charge in [-0.2, -0.15) is 0 Å². The molecule has 0 heterocycles. The maximum Gasteiger partial charge on any atom is 0.0350 e. The Kier molecular flexibility index (Phi) is 1.58. The Morgan fingerprint density at radius 3 is 1.71 bits per heavy atom. The van der Waals surface area contributed by atoms with E-state index in [1.54, 1.807) is 0 Å². The van der Waals surface area contributed by atoms with E-state index in [1.165, 1.54) is 0 Å². The Bertz CT molecular complexity index is 82.1. The van der Waals surface area contributed by atoms with Gasteiger partial charge in [-0.05, 0) is 0 Å². The number of alkyl halides is 2. The number of hydrogen-bond acceptors (Lipinski definition) is 0. The highest BCUT2D eigenvalue weighted by Crippen LogP contribution is 2.44. The van der Waals surface area contributed by atoms with Crippen LogP contribution in [0.5, 0.6) is 0 Å². The lowest BCUT2D eigenvalue weighted by atomic mass is 10.4. The molecule has 1 rings (SSSR count). The van der Waals surface area contributed by atoms with E-state index >= 15 is 0 Å². The third-order valence-electron chi connectivity index (χ3n) is 1.17. The van der Waals surface area contributed by atoms with Gasteiger partial charge in [0.2, 0.25) is 0 Å². The normalized spacial score (nSPS) is 48.6. The second kappa shape index (κ2) is 1.90. The first kappa shape index (κ1) is 5.83. The minimum absolute atomic E-state index is 0.644. The van der Waals surface area contributed by atoms with Crippen molar-refractivity contribution in [1.29, 1.82) is 0 Å². The van der Waals surface area contributed by atoms with Crippen molar-refractivity contribution >= 4 is 31.9 Å². The van der Waals surface area contributed by atoms with E-state index in [-0.39, 0.29) is 0 Å². The standard InChI is InChI=1S/C5H6Br2/c1-2-3-4(6)5(3)7/h2-5H,1H2. The second-order valence-electron chi connectivity index (χ2n) is 1.70. The van der Waals surface area contributed by atoms with Crippen molar-refractivity contribution in [2.75, 3.05) is 0 Å². The van der Waals surface area contributed by atoms with Crippen LogP contribution >= 0.6 is 31.9 Å². The zero-order chi connectivity index (χ0) is 5.44. The highest BCUT2D eigenvalue weighted by molar-refractivity contribution is 9.13. The number of allylic oxidation sites excluding steroid dienone is 1. The van der Waals surface area contributed by atoms with Crippen molar-refractivity contribution in [2.45, 2.75) is 9.65 Å². The van der Waals surface area contributed by atoms with Gasteiger partial charge in [-0.25, -0.2) is 0 Å². The van der Waals surface area contributed by atoms with Gasteiger partial charge < -0.3 is 0 Å². The molecule has 0 aromatic rings. The van der Waals surface area contributed by atoms with Crippen molar-refractivity contribution < 1.29 is 0 Å². The zero-order valence-corrected chi connectivity index (χ0v) is 6.94. The minimum Gasteiger partial charge on any atom is -0.103 e. The molecule has 0 spiro atoms. The van der Waals surface area contributed by atoms with E-state index in [0.29, 0.717) is 15.6 Å². The summed E-state index contributed by atoms with van der Waals surface area (Å²) in [5.41, 5.74) is 0. The lowest BCUT2D eigenvalue weighted by Crippen LogP contribution is -1.64. The van der Waals surface area contributed by atoms with Crippen LogP contribution in [0.3, 0.4) is 0 Å². The van der Waals surface area contributed by atoms with Gasteiger partial charge in [0.1, 0.15) is 0 Å². The highest BCUT2D eigenvalue weighted by atomic mass is 79.9. The van der Waals surface area contributed by atoms with Crippen LogP contribution in [0.25, 0.3) is 0 Å². The van der Waals surface area contributed by atoms with Crippen LogP contribution in [0.2, 0.25) is 0 Å². The first-order chi connectivity index (χ1) is 3.27. The van der Waals surface area contributed by atoms with E-state index < -0.39 is 0 Å². The average Bonchev–Trinajstić information content (AvgIpc) is 2.17. The van der Waals surface area contributed by atoms with Crippen LogP contribution in [0.4, 0.5) is 0 Å². The minimum atomic E-state index is 0.644. The predicted molar refractivity (Wildman–Crippen MR) is 39.1 cm³/mol. The van der Waals surface area contributed by atoms with Gasteiger partial charge in [0.15, 0.2) is 0 Å². The van der Waals surface area contributed by atoms with Gasteiger partial charge in [0, 0.05) is 15.6 Å². The molecule has 0 amide bonds. The fourth-order valence-electron chi connectivity index (χ4n) is 0.520. The summed E-state index contributed by atoms with van der Waals surface area (Å²) in [5, 5.41) is 0. The van der Waals surface area contributed by atoms with Crippen molar-refractivity contribution in [2.24, 2.45) is 5.92 Å². The number of halogens is 2. The predicted octanol–water partition coefficient (Wildman–Crippen LogP) is 2.33. The molecule has 2 unspecified atom stereocenters. The quantitative estimate of drug-likeness (QED) is 0.475. The van der Waals surface area contributed by atoms with Crippen LogP contribution < -0.4 is 0 Å². The fraction of sp³-hybridized carbons (Fsp3) is 0.600. The molecule has 1 aliphatic carbocycles. The first-order valence-electron chi connectivity index (χ1n) is 2.18. The molecule has 2 heteroatoms. The molecule has 0 aliphatic heterocycles. The molecule has 0 nitrogen and oxygen atoms in total. The summed E-state index contributed by atoms with van der Waals surface area (Å²) >= 11 is 6.91.